The van der Waals surface area contributed by atoms with Gasteiger partial charge in [-0.15, -0.1) is 0 Å². The maximum atomic E-state index is 12.2. The molecule has 112 valence electrons. The van der Waals surface area contributed by atoms with E-state index in [1.54, 1.807) is 6.07 Å². The summed E-state index contributed by atoms with van der Waals surface area (Å²) in [6, 6.07) is 23.8. The third-order valence-electron chi connectivity index (χ3n) is 4.10. The van der Waals surface area contributed by atoms with Gasteiger partial charge in [-0.1, -0.05) is 48.5 Å². The fraction of sp³-hybridized carbons (Fsp3) is 0. The van der Waals surface area contributed by atoms with Crippen LogP contribution in [0.2, 0.25) is 0 Å². The summed E-state index contributed by atoms with van der Waals surface area (Å²) >= 11 is 0. The number of amides is 1. The first kappa shape index (κ1) is 13.5. The lowest BCUT2D eigenvalue weighted by Crippen LogP contribution is -2.30. The van der Waals surface area contributed by atoms with Gasteiger partial charge in [0.1, 0.15) is 0 Å². The number of hydrogen-bond acceptors (Lipinski definition) is 2. The minimum absolute atomic E-state index is 0.303. The van der Waals surface area contributed by atoms with Crippen molar-refractivity contribution in [1.82, 2.24) is 9.99 Å². The van der Waals surface area contributed by atoms with Gasteiger partial charge < -0.3 is 4.57 Å². The van der Waals surface area contributed by atoms with Crippen molar-refractivity contribution < 1.29 is 4.79 Å². The molecule has 3 N–H and O–H groups in total. The number of benzene rings is 3. The van der Waals surface area contributed by atoms with Gasteiger partial charge in [0.2, 0.25) is 0 Å². The van der Waals surface area contributed by atoms with Crippen LogP contribution in [0.3, 0.4) is 0 Å². The lowest BCUT2D eigenvalue weighted by Gasteiger charge is -2.12. The molecule has 0 bridgehead atoms. The maximum absolute atomic E-state index is 12.2. The van der Waals surface area contributed by atoms with Crippen LogP contribution in [0.4, 0.5) is 0 Å². The van der Waals surface area contributed by atoms with Gasteiger partial charge >= 0.3 is 0 Å². The topological polar surface area (TPSA) is 60.0 Å². The monoisotopic (exact) mass is 301 g/mol. The molecule has 23 heavy (non-hydrogen) atoms. The molecule has 3 aromatic carbocycles. The summed E-state index contributed by atoms with van der Waals surface area (Å²) in [4.78, 5) is 12.2. The number of carbonyl (C=O) groups excluding carboxylic acids is 1. The molecule has 0 spiro atoms. The standard InChI is InChI=1S/C19H15N3O/c20-21-19(23)15-9-3-6-12-18(15)22-16-10-4-1-7-13(16)14-8-2-5-11-17(14)22/h1-12H,20H2,(H,21,23). The highest BCUT2D eigenvalue weighted by molar-refractivity contribution is 6.10. The first-order chi connectivity index (χ1) is 11.3. The molecule has 0 aliphatic heterocycles. The Morgan fingerprint density at radius 1 is 0.783 bits per heavy atom. The predicted octanol–water partition coefficient (Wildman–Crippen LogP) is 3.39. The van der Waals surface area contributed by atoms with Crippen LogP contribution in [0.15, 0.2) is 72.8 Å². The number of nitrogens with one attached hydrogen (secondary N) is 1. The van der Waals surface area contributed by atoms with Crippen molar-refractivity contribution in [2.45, 2.75) is 0 Å². The Hall–Kier alpha value is -3.11. The third kappa shape index (κ3) is 2.00. The molecule has 1 amide bonds. The van der Waals surface area contributed by atoms with Gasteiger partial charge in [-0.05, 0) is 24.3 Å². The average Bonchev–Trinajstić information content (AvgIpc) is 2.95. The molecule has 0 saturated heterocycles. The van der Waals surface area contributed by atoms with E-state index in [-0.39, 0.29) is 5.91 Å². The van der Waals surface area contributed by atoms with Gasteiger partial charge in [0, 0.05) is 10.8 Å². The number of nitrogens with two attached hydrogens (primary N) is 1. The number of hydrogen-bond donors (Lipinski definition) is 2. The summed E-state index contributed by atoms with van der Waals surface area (Å²) in [6.07, 6.45) is 0. The van der Waals surface area contributed by atoms with E-state index in [0.717, 1.165) is 27.5 Å². The van der Waals surface area contributed by atoms with Crippen molar-refractivity contribution in [2.24, 2.45) is 5.84 Å². The molecule has 4 heteroatoms. The molecule has 0 fully saturated rings. The smallest absolute Gasteiger partial charge is 0.267 e. The minimum Gasteiger partial charge on any atom is -0.308 e. The van der Waals surface area contributed by atoms with Gasteiger partial charge in [0.25, 0.3) is 5.91 Å². The second kappa shape index (κ2) is 5.26. The summed E-state index contributed by atoms with van der Waals surface area (Å²) in [6.45, 7) is 0. The molecule has 0 saturated carbocycles. The normalized spacial score (nSPS) is 11.0. The Kier molecular flexibility index (Phi) is 3.10. The zero-order valence-electron chi connectivity index (χ0n) is 12.4. The molecular formula is C19H15N3O. The fourth-order valence-corrected chi connectivity index (χ4v) is 3.12. The van der Waals surface area contributed by atoms with Crippen LogP contribution in [-0.4, -0.2) is 10.5 Å². The van der Waals surface area contributed by atoms with Crippen molar-refractivity contribution in [2.75, 3.05) is 0 Å². The van der Waals surface area contributed by atoms with Crippen LogP contribution in [0.5, 0.6) is 0 Å². The van der Waals surface area contributed by atoms with E-state index >= 15 is 0 Å². The van der Waals surface area contributed by atoms with Crippen LogP contribution in [-0.2, 0) is 0 Å². The second-order valence-electron chi connectivity index (χ2n) is 5.36. The SMILES string of the molecule is NNC(=O)c1ccccc1-n1c2ccccc2c2ccccc21. The molecule has 4 aromatic rings. The van der Waals surface area contributed by atoms with Crippen molar-refractivity contribution in [3.8, 4) is 5.69 Å². The second-order valence-corrected chi connectivity index (χ2v) is 5.36. The maximum Gasteiger partial charge on any atom is 0.267 e. The van der Waals surface area contributed by atoms with Crippen LogP contribution < -0.4 is 11.3 Å². The predicted molar refractivity (Wildman–Crippen MR) is 92.4 cm³/mol. The summed E-state index contributed by atoms with van der Waals surface area (Å²) < 4.78 is 2.11. The quantitative estimate of drug-likeness (QED) is 0.339. The van der Waals surface area contributed by atoms with E-state index < -0.39 is 0 Å². The van der Waals surface area contributed by atoms with Crippen LogP contribution in [0.25, 0.3) is 27.5 Å². The highest BCUT2D eigenvalue weighted by Gasteiger charge is 2.16. The fourth-order valence-electron chi connectivity index (χ4n) is 3.12. The molecular weight excluding hydrogens is 286 g/mol. The van der Waals surface area contributed by atoms with Crippen LogP contribution in [0.1, 0.15) is 10.4 Å². The number of hydrazine groups is 1. The van der Waals surface area contributed by atoms with Gasteiger partial charge in [-0.2, -0.15) is 0 Å². The van der Waals surface area contributed by atoms with Crippen molar-refractivity contribution in [3.63, 3.8) is 0 Å². The molecule has 1 heterocycles. The Morgan fingerprint density at radius 3 is 1.91 bits per heavy atom. The zero-order chi connectivity index (χ0) is 15.8. The van der Waals surface area contributed by atoms with Gasteiger partial charge in [-0.3, -0.25) is 10.2 Å². The van der Waals surface area contributed by atoms with E-state index in [9.17, 15) is 4.79 Å². The summed E-state index contributed by atoms with van der Waals surface area (Å²) in [5.74, 6) is 5.04. The lowest BCUT2D eigenvalue weighted by molar-refractivity contribution is 0.0953. The first-order valence-corrected chi connectivity index (χ1v) is 7.40. The number of carbonyl (C=O) groups is 1. The molecule has 4 nitrogen and oxygen atoms in total. The van der Waals surface area contributed by atoms with Crippen molar-refractivity contribution in [3.05, 3.63) is 78.4 Å². The number of nitrogen functional groups attached to an aromatic ring is 1. The van der Waals surface area contributed by atoms with Crippen LogP contribution in [0, 0.1) is 0 Å². The van der Waals surface area contributed by atoms with Gasteiger partial charge in [0.15, 0.2) is 0 Å². The highest BCUT2D eigenvalue weighted by atomic mass is 16.2. The average molecular weight is 301 g/mol. The molecule has 0 atom stereocenters. The molecule has 0 aliphatic rings. The van der Waals surface area contributed by atoms with Crippen molar-refractivity contribution >= 4 is 27.7 Å². The molecule has 0 radical (unpaired) electrons. The van der Waals surface area contributed by atoms with E-state index in [4.69, 9.17) is 5.84 Å². The van der Waals surface area contributed by atoms with E-state index in [1.807, 2.05) is 42.5 Å². The number of para-hydroxylation sites is 3. The number of nitrogens with zero attached hydrogens (tertiary/aromatic N) is 1. The largest absolute Gasteiger partial charge is 0.308 e. The van der Waals surface area contributed by atoms with Crippen molar-refractivity contribution in [1.29, 1.82) is 0 Å². The Morgan fingerprint density at radius 2 is 1.30 bits per heavy atom. The number of rotatable bonds is 2. The van der Waals surface area contributed by atoms with Gasteiger partial charge in [-0.25, -0.2) is 5.84 Å². The summed E-state index contributed by atoms with van der Waals surface area (Å²) in [7, 11) is 0. The molecule has 4 rings (SSSR count). The summed E-state index contributed by atoms with van der Waals surface area (Å²) in [5.41, 5.74) is 5.71. The van der Waals surface area contributed by atoms with E-state index in [0.29, 0.717) is 5.56 Å². The van der Waals surface area contributed by atoms with E-state index in [1.165, 1.54) is 0 Å². The number of aromatic nitrogens is 1. The van der Waals surface area contributed by atoms with Crippen LogP contribution >= 0.6 is 0 Å². The first-order valence-electron chi connectivity index (χ1n) is 7.40. The Labute approximate surface area is 133 Å². The van der Waals surface area contributed by atoms with Gasteiger partial charge in [0.05, 0.1) is 22.3 Å². The minimum atomic E-state index is -0.303. The number of fused-ring (bicyclic) bond motifs is 3. The summed E-state index contributed by atoms with van der Waals surface area (Å²) in [5, 5.41) is 2.32. The zero-order valence-corrected chi connectivity index (χ0v) is 12.4. The van der Waals surface area contributed by atoms with E-state index in [2.05, 4.69) is 34.3 Å². The molecule has 0 aliphatic carbocycles. The molecule has 1 aromatic heterocycles. The lowest BCUT2D eigenvalue weighted by atomic mass is 10.1. The third-order valence-corrected chi connectivity index (χ3v) is 4.10. The highest BCUT2D eigenvalue weighted by Crippen LogP contribution is 2.32. The molecule has 0 unspecified atom stereocenters. The Balaban J connectivity index is 2.16. The Bertz CT molecular complexity index is 980.